The molecule has 0 aromatic carbocycles. The Hall–Kier alpha value is -0.210. The van der Waals surface area contributed by atoms with Gasteiger partial charge in [0.1, 0.15) is 0 Å². The Kier molecular flexibility index (Phi) is 6.35. The highest BCUT2D eigenvalue weighted by molar-refractivity contribution is 7.88. The molecule has 0 aromatic rings. The predicted molar refractivity (Wildman–Crippen MR) is 67.5 cm³/mol. The zero-order chi connectivity index (χ0) is 12.7. The molecule has 1 fully saturated rings. The van der Waals surface area contributed by atoms with Gasteiger partial charge in [0.2, 0.25) is 10.0 Å². The smallest absolute Gasteiger partial charge is 0.208 e. The lowest BCUT2D eigenvalue weighted by molar-refractivity contribution is 0.0713. The number of ether oxygens (including phenoxy) is 1. The summed E-state index contributed by atoms with van der Waals surface area (Å²) in [7, 11) is -3.07. The summed E-state index contributed by atoms with van der Waals surface area (Å²) in [4.78, 5) is 0. The number of hydrogen-bond donors (Lipinski definition) is 3. The molecule has 1 heterocycles. The summed E-state index contributed by atoms with van der Waals surface area (Å²) in [5, 5.41) is 6.67. The van der Waals surface area contributed by atoms with Crippen molar-refractivity contribution in [1.82, 2.24) is 15.4 Å². The maximum Gasteiger partial charge on any atom is 0.208 e. The second-order valence-electron chi connectivity index (χ2n) is 4.48. The van der Waals surface area contributed by atoms with Gasteiger partial charge in [0.05, 0.1) is 19.5 Å². The Morgan fingerprint density at radius 1 is 1.47 bits per heavy atom. The monoisotopic (exact) mass is 265 g/mol. The molecule has 0 radical (unpaired) electrons. The molecule has 1 rings (SSSR count). The fourth-order valence-corrected chi connectivity index (χ4v) is 2.31. The molecule has 2 atom stereocenters. The van der Waals surface area contributed by atoms with Crippen molar-refractivity contribution in [3.8, 4) is 0 Å². The molecule has 17 heavy (non-hydrogen) atoms. The summed E-state index contributed by atoms with van der Waals surface area (Å²) in [5.74, 6) is 0. The van der Waals surface area contributed by atoms with E-state index in [9.17, 15) is 8.42 Å². The second-order valence-corrected chi connectivity index (χ2v) is 6.32. The van der Waals surface area contributed by atoms with Gasteiger partial charge in [0.25, 0.3) is 0 Å². The fraction of sp³-hybridized carbons (Fsp3) is 1.00. The number of sulfonamides is 1. The first-order chi connectivity index (χ1) is 7.97. The zero-order valence-electron chi connectivity index (χ0n) is 10.5. The van der Waals surface area contributed by atoms with Gasteiger partial charge < -0.3 is 15.4 Å². The third-order valence-corrected chi connectivity index (χ3v) is 3.35. The molecule has 3 N–H and O–H groups in total. The van der Waals surface area contributed by atoms with Crippen molar-refractivity contribution in [3.05, 3.63) is 0 Å². The molecule has 0 bridgehead atoms. The van der Waals surface area contributed by atoms with Crippen molar-refractivity contribution in [3.63, 3.8) is 0 Å². The van der Waals surface area contributed by atoms with Crippen LogP contribution in [-0.4, -0.2) is 59.6 Å². The van der Waals surface area contributed by atoms with Crippen LogP contribution in [0.4, 0.5) is 0 Å². The minimum Gasteiger partial charge on any atom is -0.379 e. The Balaban J connectivity index is 2.06. The van der Waals surface area contributed by atoms with Crippen molar-refractivity contribution in [1.29, 1.82) is 0 Å². The van der Waals surface area contributed by atoms with Crippen LogP contribution < -0.4 is 15.4 Å². The van der Waals surface area contributed by atoms with Crippen LogP contribution >= 0.6 is 0 Å². The Bertz CT molecular complexity index is 302. The van der Waals surface area contributed by atoms with E-state index in [0.29, 0.717) is 25.2 Å². The third kappa shape index (κ3) is 7.67. The number of rotatable bonds is 7. The van der Waals surface area contributed by atoms with E-state index in [1.165, 1.54) is 6.26 Å². The average Bonchev–Trinajstić information content (AvgIpc) is 2.25. The summed E-state index contributed by atoms with van der Waals surface area (Å²) in [6.07, 6.45) is 2.15. The fourth-order valence-electron chi connectivity index (χ4n) is 1.84. The van der Waals surface area contributed by atoms with Gasteiger partial charge in [0.15, 0.2) is 0 Å². The van der Waals surface area contributed by atoms with Gasteiger partial charge in [-0.15, -0.1) is 0 Å². The van der Waals surface area contributed by atoms with Crippen molar-refractivity contribution in [2.24, 2.45) is 0 Å². The quantitative estimate of drug-likeness (QED) is 0.509. The van der Waals surface area contributed by atoms with E-state index in [4.69, 9.17) is 4.74 Å². The van der Waals surface area contributed by atoms with Crippen LogP contribution in [0.15, 0.2) is 0 Å². The van der Waals surface area contributed by atoms with Gasteiger partial charge in [-0.25, -0.2) is 13.1 Å². The normalized spacial score (nSPS) is 23.5. The molecule has 1 saturated heterocycles. The summed E-state index contributed by atoms with van der Waals surface area (Å²) in [6, 6.07) is 0.740. The van der Waals surface area contributed by atoms with E-state index in [0.717, 1.165) is 26.2 Å². The molecular weight excluding hydrogens is 242 g/mol. The highest BCUT2D eigenvalue weighted by Gasteiger charge is 2.15. The molecule has 1 aliphatic rings. The summed E-state index contributed by atoms with van der Waals surface area (Å²) < 4.78 is 29.5. The van der Waals surface area contributed by atoms with E-state index >= 15 is 0 Å². The van der Waals surface area contributed by atoms with E-state index in [-0.39, 0.29) is 0 Å². The Morgan fingerprint density at radius 3 is 2.82 bits per heavy atom. The van der Waals surface area contributed by atoms with Crippen LogP contribution in [-0.2, 0) is 14.8 Å². The van der Waals surface area contributed by atoms with Gasteiger partial charge in [-0.2, -0.15) is 0 Å². The van der Waals surface area contributed by atoms with Gasteiger partial charge >= 0.3 is 0 Å². The van der Waals surface area contributed by atoms with Gasteiger partial charge in [-0.1, -0.05) is 0 Å². The molecule has 0 saturated carbocycles. The minimum atomic E-state index is -3.07. The average molecular weight is 265 g/mol. The molecule has 0 aromatic heterocycles. The molecule has 1 aliphatic heterocycles. The lowest BCUT2D eigenvalue weighted by Gasteiger charge is -2.26. The van der Waals surface area contributed by atoms with Crippen LogP contribution in [0.3, 0.4) is 0 Å². The first-order valence-corrected chi connectivity index (χ1v) is 7.85. The van der Waals surface area contributed by atoms with Crippen LogP contribution in [0.5, 0.6) is 0 Å². The van der Waals surface area contributed by atoms with Crippen LogP contribution in [0, 0.1) is 0 Å². The number of hydrogen-bond acceptors (Lipinski definition) is 5. The molecule has 0 aliphatic carbocycles. The van der Waals surface area contributed by atoms with E-state index < -0.39 is 10.0 Å². The highest BCUT2D eigenvalue weighted by Crippen LogP contribution is 2.01. The Labute approximate surface area is 104 Å². The molecule has 0 spiro atoms. The molecule has 102 valence electrons. The largest absolute Gasteiger partial charge is 0.379 e. The van der Waals surface area contributed by atoms with E-state index in [1.807, 2.05) is 0 Å². The molecule has 6 nitrogen and oxygen atoms in total. The van der Waals surface area contributed by atoms with E-state index in [2.05, 4.69) is 22.3 Å². The van der Waals surface area contributed by atoms with Crippen LogP contribution in [0.25, 0.3) is 0 Å². The SMILES string of the molecule is CC(CC1COCCN1)NCCNS(C)(=O)=O. The van der Waals surface area contributed by atoms with Crippen molar-refractivity contribution >= 4 is 10.0 Å². The van der Waals surface area contributed by atoms with Gasteiger partial charge in [-0.3, -0.25) is 0 Å². The standard InChI is InChI=1S/C10H23N3O3S/c1-9(7-10-8-16-6-5-12-10)11-3-4-13-17(2,14)15/h9-13H,3-8H2,1-2H3. The predicted octanol–water partition coefficient (Wildman–Crippen LogP) is -1.11. The van der Waals surface area contributed by atoms with Gasteiger partial charge in [0, 0.05) is 31.7 Å². The summed E-state index contributed by atoms with van der Waals surface area (Å²) >= 11 is 0. The highest BCUT2D eigenvalue weighted by atomic mass is 32.2. The topological polar surface area (TPSA) is 79.5 Å². The van der Waals surface area contributed by atoms with Crippen molar-refractivity contribution in [2.75, 3.05) is 39.1 Å². The molecule has 2 unspecified atom stereocenters. The summed E-state index contributed by atoms with van der Waals surface area (Å²) in [5.41, 5.74) is 0. The first-order valence-electron chi connectivity index (χ1n) is 5.96. The number of morpholine rings is 1. The third-order valence-electron chi connectivity index (χ3n) is 2.62. The van der Waals surface area contributed by atoms with Gasteiger partial charge in [-0.05, 0) is 13.3 Å². The maximum absolute atomic E-state index is 10.8. The Morgan fingerprint density at radius 2 is 2.24 bits per heavy atom. The summed E-state index contributed by atoms with van der Waals surface area (Å²) in [6.45, 7) is 5.62. The van der Waals surface area contributed by atoms with Crippen LogP contribution in [0.1, 0.15) is 13.3 Å². The second kappa shape index (κ2) is 7.27. The molecular formula is C10H23N3O3S. The van der Waals surface area contributed by atoms with Crippen molar-refractivity contribution < 1.29 is 13.2 Å². The minimum absolute atomic E-state index is 0.343. The lowest BCUT2D eigenvalue weighted by Crippen LogP contribution is -2.45. The molecule has 7 heteroatoms. The zero-order valence-corrected chi connectivity index (χ0v) is 11.3. The van der Waals surface area contributed by atoms with Crippen molar-refractivity contribution in [2.45, 2.75) is 25.4 Å². The maximum atomic E-state index is 10.8. The molecule has 0 amide bonds. The lowest BCUT2D eigenvalue weighted by atomic mass is 10.1. The first kappa shape index (κ1) is 14.8. The number of nitrogens with one attached hydrogen (secondary N) is 3. The van der Waals surface area contributed by atoms with E-state index in [1.54, 1.807) is 0 Å². The van der Waals surface area contributed by atoms with Crippen LogP contribution in [0.2, 0.25) is 0 Å².